The van der Waals surface area contributed by atoms with Crippen LogP contribution in [-0.4, -0.2) is 57.7 Å². The molecule has 25 heavy (non-hydrogen) atoms. The molecular formula is C18H26N6O. The third-order valence-electron chi connectivity index (χ3n) is 4.70. The molecule has 1 fully saturated rings. The van der Waals surface area contributed by atoms with Crippen molar-refractivity contribution in [2.75, 3.05) is 32.1 Å². The fraction of sp³-hybridized carbons (Fsp3) is 0.556. The third-order valence-corrected chi connectivity index (χ3v) is 4.70. The van der Waals surface area contributed by atoms with Crippen LogP contribution in [0.1, 0.15) is 25.0 Å². The average Bonchev–Trinajstić information content (AvgIpc) is 2.99. The maximum Gasteiger partial charge on any atom is 0.244 e. The van der Waals surface area contributed by atoms with Crippen LogP contribution in [0, 0.1) is 5.92 Å². The molecule has 1 amide bonds. The normalized spacial score (nSPS) is 18.0. The molecule has 2 aromatic heterocycles. The lowest BCUT2D eigenvalue weighted by Gasteiger charge is -2.20. The lowest BCUT2D eigenvalue weighted by Crippen LogP contribution is -2.34. The smallest absolute Gasteiger partial charge is 0.244 e. The van der Waals surface area contributed by atoms with Gasteiger partial charge in [-0.1, -0.05) is 0 Å². The number of rotatable bonds is 5. The number of carbonyl (C=O) groups excluding carboxylic acids is 1. The van der Waals surface area contributed by atoms with E-state index in [4.69, 9.17) is 0 Å². The van der Waals surface area contributed by atoms with Crippen LogP contribution in [0.4, 0.5) is 5.82 Å². The summed E-state index contributed by atoms with van der Waals surface area (Å²) in [6.45, 7) is 1.98. The van der Waals surface area contributed by atoms with Crippen LogP contribution in [0.15, 0.2) is 30.9 Å². The Balaban J connectivity index is 1.51. The number of likely N-dealkylation sites (tertiary alicyclic amines) is 1. The van der Waals surface area contributed by atoms with Gasteiger partial charge in [0.15, 0.2) is 0 Å². The van der Waals surface area contributed by atoms with E-state index >= 15 is 0 Å². The quantitative estimate of drug-likeness (QED) is 0.826. The monoisotopic (exact) mass is 342 g/mol. The van der Waals surface area contributed by atoms with E-state index < -0.39 is 0 Å². The molecule has 0 unspecified atom stereocenters. The maximum absolute atomic E-state index is 12.4. The second-order valence-corrected chi connectivity index (χ2v) is 6.85. The van der Waals surface area contributed by atoms with Gasteiger partial charge in [-0.05, 0) is 37.7 Å². The highest BCUT2D eigenvalue weighted by Crippen LogP contribution is 2.21. The highest BCUT2D eigenvalue weighted by Gasteiger charge is 2.21. The minimum Gasteiger partial charge on any atom is -0.361 e. The summed E-state index contributed by atoms with van der Waals surface area (Å²) in [5.74, 6) is 1.58. The SMILES string of the molecule is CN(C)c1cnc(C[C@H]2CCCN(C(=O)Cn3cccn3)CC2)cn1. The minimum atomic E-state index is 0.152. The van der Waals surface area contributed by atoms with Gasteiger partial charge in [0, 0.05) is 39.6 Å². The number of anilines is 1. The molecule has 0 spiro atoms. The van der Waals surface area contributed by atoms with Crippen molar-refractivity contribution in [3.8, 4) is 0 Å². The molecule has 1 saturated heterocycles. The number of hydrogen-bond acceptors (Lipinski definition) is 5. The molecule has 0 bridgehead atoms. The van der Waals surface area contributed by atoms with Gasteiger partial charge in [0.25, 0.3) is 0 Å². The summed E-state index contributed by atoms with van der Waals surface area (Å²) in [7, 11) is 3.92. The molecule has 3 rings (SSSR count). The zero-order valence-electron chi connectivity index (χ0n) is 15.0. The van der Waals surface area contributed by atoms with Crippen LogP contribution in [0.3, 0.4) is 0 Å². The zero-order chi connectivity index (χ0) is 17.6. The Morgan fingerprint density at radius 3 is 2.80 bits per heavy atom. The second-order valence-electron chi connectivity index (χ2n) is 6.85. The summed E-state index contributed by atoms with van der Waals surface area (Å²) in [6, 6.07) is 1.84. The van der Waals surface area contributed by atoms with E-state index in [1.165, 1.54) is 0 Å². The second kappa shape index (κ2) is 8.09. The largest absolute Gasteiger partial charge is 0.361 e. The fourth-order valence-electron chi connectivity index (χ4n) is 3.23. The molecule has 1 aliphatic heterocycles. The van der Waals surface area contributed by atoms with E-state index in [1.807, 2.05) is 48.6 Å². The number of hydrogen-bond donors (Lipinski definition) is 0. The van der Waals surface area contributed by atoms with Crippen LogP contribution < -0.4 is 4.90 Å². The summed E-state index contributed by atoms with van der Waals surface area (Å²) in [6.07, 6.45) is 11.3. The average molecular weight is 342 g/mol. The first-order valence-electron chi connectivity index (χ1n) is 8.85. The van der Waals surface area contributed by atoms with Crippen molar-refractivity contribution in [2.24, 2.45) is 5.92 Å². The molecule has 134 valence electrons. The van der Waals surface area contributed by atoms with Crippen LogP contribution in [0.25, 0.3) is 0 Å². The zero-order valence-corrected chi connectivity index (χ0v) is 15.0. The number of aromatic nitrogens is 4. The Morgan fingerprint density at radius 1 is 1.24 bits per heavy atom. The topological polar surface area (TPSA) is 67.2 Å². The molecule has 1 aliphatic rings. The highest BCUT2D eigenvalue weighted by atomic mass is 16.2. The summed E-state index contributed by atoms with van der Waals surface area (Å²) >= 11 is 0. The van der Waals surface area contributed by atoms with Gasteiger partial charge in [0.2, 0.25) is 5.91 Å². The van der Waals surface area contributed by atoms with E-state index in [2.05, 4.69) is 15.1 Å². The molecule has 0 aliphatic carbocycles. The van der Waals surface area contributed by atoms with Crippen LogP contribution in [0.2, 0.25) is 0 Å². The first-order chi connectivity index (χ1) is 12.1. The number of nitrogens with zero attached hydrogens (tertiary/aromatic N) is 6. The van der Waals surface area contributed by atoms with Crippen molar-refractivity contribution >= 4 is 11.7 Å². The molecule has 7 nitrogen and oxygen atoms in total. The van der Waals surface area contributed by atoms with Crippen LogP contribution in [0.5, 0.6) is 0 Å². The van der Waals surface area contributed by atoms with Gasteiger partial charge in [0.05, 0.1) is 18.1 Å². The van der Waals surface area contributed by atoms with E-state index in [1.54, 1.807) is 10.9 Å². The summed E-state index contributed by atoms with van der Waals surface area (Å²) < 4.78 is 1.69. The van der Waals surface area contributed by atoms with Gasteiger partial charge >= 0.3 is 0 Å². The molecule has 1 atom stereocenters. The van der Waals surface area contributed by atoms with Crippen molar-refractivity contribution in [2.45, 2.75) is 32.2 Å². The lowest BCUT2D eigenvalue weighted by molar-refractivity contribution is -0.132. The molecule has 0 radical (unpaired) electrons. The van der Waals surface area contributed by atoms with Crippen molar-refractivity contribution in [3.05, 3.63) is 36.5 Å². The summed E-state index contributed by atoms with van der Waals surface area (Å²) in [4.78, 5) is 25.3. The predicted molar refractivity (Wildman–Crippen MR) is 96.2 cm³/mol. The minimum absolute atomic E-state index is 0.152. The van der Waals surface area contributed by atoms with E-state index in [0.717, 1.165) is 50.3 Å². The standard InChI is InChI=1S/C18H26N6O/c1-22(2)17-13-19-16(12-20-17)11-15-5-3-8-23(10-6-15)18(25)14-24-9-4-7-21-24/h4,7,9,12-13,15H,3,5-6,8,10-11,14H2,1-2H3/t15-/m0/s1. The van der Waals surface area contributed by atoms with Gasteiger partial charge in [-0.3, -0.25) is 14.5 Å². The number of carbonyl (C=O) groups is 1. The van der Waals surface area contributed by atoms with Crippen molar-refractivity contribution < 1.29 is 4.79 Å². The predicted octanol–water partition coefficient (Wildman–Crippen LogP) is 1.61. The highest BCUT2D eigenvalue weighted by molar-refractivity contribution is 5.75. The third kappa shape index (κ3) is 4.78. The molecule has 3 heterocycles. The van der Waals surface area contributed by atoms with Gasteiger partial charge in [-0.25, -0.2) is 4.98 Å². The van der Waals surface area contributed by atoms with Gasteiger partial charge in [-0.2, -0.15) is 5.10 Å². The summed E-state index contributed by atoms with van der Waals surface area (Å²) in [5, 5.41) is 4.12. The molecule has 0 aromatic carbocycles. The molecule has 0 N–H and O–H groups in total. The Labute approximate surface area is 148 Å². The Kier molecular flexibility index (Phi) is 5.63. The maximum atomic E-state index is 12.4. The number of amides is 1. The molecular weight excluding hydrogens is 316 g/mol. The Bertz CT molecular complexity index is 667. The molecule has 7 heteroatoms. The van der Waals surface area contributed by atoms with Crippen molar-refractivity contribution in [3.63, 3.8) is 0 Å². The molecule has 2 aromatic rings. The van der Waals surface area contributed by atoms with E-state index in [0.29, 0.717) is 12.5 Å². The Morgan fingerprint density at radius 2 is 2.12 bits per heavy atom. The van der Waals surface area contributed by atoms with Crippen LogP contribution in [-0.2, 0) is 17.8 Å². The first-order valence-corrected chi connectivity index (χ1v) is 8.85. The molecule has 0 saturated carbocycles. The first kappa shape index (κ1) is 17.4. The Hall–Kier alpha value is -2.44. The summed E-state index contributed by atoms with van der Waals surface area (Å²) in [5.41, 5.74) is 1.03. The van der Waals surface area contributed by atoms with Crippen molar-refractivity contribution in [1.82, 2.24) is 24.6 Å². The van der Waals surface area contributed by atoms with Crippen molar-refractivity contribution in [1.29, 1.82) is 0 Å². The van der Waals surface area contributed by atoms with Gasteiger partial charge < -0.3 is 9.80 Å². The van der Waals surface area contributed by atoms with Gasteiger partial charge in [0.1, 0.15) is 12.4 Å². The van der Waals surface area contributed by atoms with Crippen LogP contribution >= 0.6 is 0 Å². The van der Waals surface area contributed by atoms with E-state index in [9.17, 15) is 4.79 Å². The fourth-order valence-corrected chi connectivity index (χ4v) is 3.23. The van der Waals surface area contributed by atoms with E-state index in [-0.39, 0.29) is 5.91 Å². The van der Waals surface area contributed by atoms with Gasteiger partial charge in [-0.15, -0.1) is 0 Å². The lowest BCUT2D eigenvalue weighted by atomic mass is 9.95.